The summed E-state index contributed by atoms with van der Waals surface area (Å²) in [7, 11) is 0. The van der Waals surface area contributed by atoms with Crippen LogP contribution in [0.15, 0.2) is 36.0 Å². The van der Waals surface area contributed by atoms with Crippen molar-refractivity contribution < 1.29 is 28.6 Å². The van der Waals surface area contributed by atoms with Gasteiger partial charge in [0.05, 0.1) is 29.4 Å². The number of carbonyl (C=O) groups is 3. The number of rotatable bonds is 5. The fourth-order valence-corrected chi connectivity index (χ4v) is 9.74. The monoisotopic (exact) mass is 580 g/mol. The van der Waals surface area contributed by atoms with E-state index in [2.05, 4.69) is 18.1 Å². The maximum Gasteiger partial charge on any atom is 0.303 e. The van der Waals surface area contributed by atoms with Crippen molar-refractivity contribution in [3.63, 3.8) is 0 Å². The Morgan fingerprint density at radius 1 is 1.17 bits per heavy atom. The number of aromatic nitrogens is 2. The Labute approximate surface area is 243 Å². The van der Waals surface area contributed by atoms with Gasteiger partial charge in [-0.1, -0.05) is 31.2 Å². The van der Waals surface area contributed by atoms with Crippen LogP contribution in [-0.2, 0) is 25.5 Å². The van der Waals surface area contributed by atoms with Gasteiger partial charge in [0.1, 0.15) is 5.82 Å². The number of carbonyl (C=O) groups excluding carboxylic acids is 3. The van der Waals surface area contributed by atoms with E-state index >= 15 is 0 Å². The molecule has 2 aromatic rings. The van der Waals surface area contributed by atoms with Crippen molar-refractivity contribution in [2.45, 2.75) is 77.9 Å². The Morgan fingerprint density at radius 2 is 1.90 bits per heavy atom. The van der Waals surface area contributed by atoms with Crippen molar-refractivity contribution in [3.8, 4) is 5.69 Å². The fraction of sp³-hybridized carbons (Fsp3) is 0.562. The van der Waals surface area contributed by atoms with Crippen molar-refractivity contribution in [2.75, 3.05) is 5.75 Å². The van der Waals surface area contributed by atoms with E-state index in [0.29, 0.717) is 12.8 Å². The molecular formula is C32H37FN2O5S. The summed E-state index contributed by atoms with van der Waals surface area (Å²) in [6, 6.07) is 6.32. The Bertz CT molecular complexity index is 1450. The summed E-state index contributed by atoms with van der Waals surface area (Å²) in [5.74, 6) is -0.835. The van der Waals surface area contributed by atoms with Crippen LogP contribution in [0.2, 0.25) is 0 Å². The molecule has 0 unspecified atom stereocenters. The first kappa shape index (κ1) is 28.3. The van der Waals surface area contributed by atoms with Crippen LogP contribution in [0.3, 0.4) is 0 Å². The molecule has 0 saturated heterocycles. The zero-order chi connectivity index (χ0) is 29.3. The van der Waals surface area contributed by atoms with Gasteiger partial charge in [-0.15, -0.1) is 0 Å². The number of aliphatic hydroxyl groups is 1. The second-order valence-electron chi connectivity index (χ2n) is 12.9. The Hall–Kier alpha value is -2.78. The van der Waals surface area contributed by atoms with Gasteiger partial charge in [0.15, 0.2) is 16.5 Å². The maximum atomic E-state index is 13.7. The third kappa shape index (κ3) is 4.25. The van der Waals surface area contributed by atoms with E-state index < -0.39 is 23.1 Å². The standard InChI is InChI=1S/C32H37FN2O5S/c1-18(36)40-32(28(39)17-41-19(2)37)12-11-25-24-10-5-21-13-26-20(16-34-35(26)23-8-6-22(33)7-9-23)14-30(21,3)29(24)27(38)15-31(25,32)4/h6-9,13,16,24-25,27,29,38H,5,10-12,14-15,17H2,1-4H3/t24-,25-,27-,29+,30-,31-,32-/m0/s1. The maximum absolute atomic E-state index is 13.7. The number of esters is 1. The predicted molar refractivity (Wildman–Crippen MR) is 154 cm³/mol. The Balaban J connectivity index is 1.34. The molecule has 0 aliphatic heterocycles. The minimum absolute atomic E-state index is 0.0160. The number of benzene rings is 1. The van der Waals surface area contributed by atoms with Gasteiger partial charge in [0, 0.05) is 19.3 Å². The van der Waals surface area contributed by atoms with Gasteiger partial charge in [0.2, 0.25) is 0 Å². The minimum Gasteiger partial charge on any atom is -0.451 e. The number of ether oxygens (including phenoxy) is 1. The molecule has 7 nitrogen and oxygen atoms in total. The number of ketones is 1. The lowest BCUT2D eigenvalue weighted by Crippen LogP contribution is -2.63. The molecular weight excluding hydrogens is 543 g/mol. The van der Waals surface area contributed by atoms with E-state index in [9.17, 15) is 23.9 Å². The molecule has 7 atom stereocenters. The van der Waals surface area contributed by atoms with Crippen LogP contribution in [0.5, 0.6) is 0 Å². The van der Waals surface area contributed by atoms with E-state index in [4.69, 9.17) is 4.74 Å². The van der Waals surface area contributed by atoms with Crippen molar-refractivity contribution in [1.29, 1.82) is 0 Å². The minimum atomic E-state index is -1.34. The number of hydrogen-bond acceptors (Lipinski definition) is 7. The van der Waals surface area contributed by atoms with Crippen LogP contribution in [0.25, 0.3) is 11.8 Å². The number of halogens is 1. The summed E-state index contributed by atoms with van der Waals surface area (Å²) in [6.07, 6.45) is 7.37. The molecule has 3 saturated carbocycles. The molecule has 0 radical (unpaired) electrons. The molecule has 6 rings (SSSR count). The first-order valence-electron chi connectivity index (χ1n) is 14.5. The average Bonchev–Trinajstić information content (AvgIpc) is 3.43. The average molecular weight is 581 g/mol. The second-order valence-corrected chi connectivity index (χ2v) is 14.0. The highest BCUT2D eigenvalue weighted by Crippen LogP contribution is 2.68. The SMILES string of the molecule is CC(=O)O[C@]1(C(=O)CSC(C)=O)CC[C@H]2[C@@H]3CCC4=Cc5c(cnn5-c5ccc(F)cc5)C[C@]4(C)[C@H]3[C@@H](O)C[C@@]21C. The van der Waals surface area contributed by atoms with Crippen molar-refractivity contribution in [2.24, 2.45) is 28.6 Å². The molecule has 218 valence electrons. The van der Waals surface area contributed by atoms with Gasteiger partial charge in [-0.05, 0) is 97.6 Å². The van der Waals surface area contributed by atoms with Crippen molar-refractivity contribution >= 4 is 34.7 Å². The van der Waals surface area contributed by atoms with Gasteiger partial charge in [-0.25, -0.2) is 9.07 Å². The third-order valence-electron chi connectivity index (χ3n) is 10.8. The fourth-order valence-electron chi connectivity index (χ4n) is 9.17. The summed E-state index contributed by atoms with van der Waals surface area (Å²) < 4.78 is 21.4. The van der Waals surface area contributed by atoms with Crippen LogP contribution < -0.4 is 0 Å². The smallest absolute Gasteiger partial charge is 0.303 e. The molecule has 0 bridgehead atoms. The number of Topliss-reactive ketones (excluding diaryl/α,β-unsaturated/α-hetero) is 1. The summed E-state index contributed by atoms with van der Waals surface area (Å²) in [5.41, 5.74) is 1.84. The lowest BCUT2D eigenvalue weighted by atomic mass is 9.45. The largest absolute Gasteiger partial charge is 0.451 e. The first-order chi connectivity index (χ1) is 19.4. The van der Waals surface area contributed by atoms with E-state index in [0.717, 1.165) is 54.4 Å². The number of allylic oxidation sites excluding steroid dienone is 1. The van der Waals surface area contributed by atoms with E-state index in [1.165, 1.54) is 31.6 Å². The summed E-state index contributed by atoms with van der Waals surface area (Å²) in [5, 5.41) is 16.4. The highest BCUT2D eigenvalue weighted by Gasteiger charge is 2.70. The summed E-state index contributed by atoms with van der Waals surface area (Å²) in [4.78, 5) is 37.8. The van der Waals surface area contributed by atoms with Gasteiger partial charge >= 0.3 is 5.97 Å². The molecule has 41 heavy (non-hydrogen) atoms. The number of thioether (sulfide) groups is 1. The molecule has 4 aliphatic carbocycles. The van der Waals surface area contributed by atoms with Crippen molar-refractivity contribution in [3.05, 3.63) is 53.1 Å². The normalized spacial score (nSPS) is 35.4. The second kappa shape index (κ2) is 9.90. The highest BCUT2D eigenvalue weighted by molar-refractivity contribution is 8.14. The van der Waals surface area contributed by atoms with E-state index in [1.54, 1.807) is 12.1 Å². The van der Waals surface area contributed by atoms with Crippen LogP contribution in [0.4, 0.5) is 4.39 Å². The molecule has 9 heteroatoms. The lowest BCUT2D eigenvalue weighted by molar-refractivity contribution is -0.198. The van der Waals surface area contributed by atoms with Gasteiger partial charge in [-0.2, -0.15) is 5.10 Å². The lowest BCUT2D eigenvalue weighted by Gasteiger charge is -2.60. The Kier molecular flexibility index (Phi) is 6.85. The summed E-state index contributed by atoms with van der Waals surface area (Å²) in [6.45, 7) is 7.03. The number of hydrogen-bond donors (Lipinski definition) is 1. The van der Waals surface area contributed by atoms with E-state index in [1.807, 2.05) is 17.8 Å². The van der Waals surface area contributed by atoms with Crippen LogP contribution >= 0.6 is 11.8 Å². The zero-order valence-electron chi connectivity index (χ0n) is 24.0. The molecule has 4 aliphatic rings. The van der Waals surface area contributed by atoms with E-state index in [-0.39, 0.29) is 45.6 Å². The summed E-state index contributed by atoms with van der Waals surface area (Å²) >= 11 is 0.946. The molecule has 1 aromatic heterocycles. The molecule has 0 amide bonds. The number of aliphatic hydroxyl groups excluding tert-OH is 1. The molecule has 1 N–H and O–H groups in total. The molecule has 1 aromatic carbocycles. The first-order valence-corrected chi connectivity index (χ1v) is 15.5. The van der Waals surface area contributed by atoms with Crippen LogP contribution in [0.1, 0.15) is 71.1 Å². The topological polar surface area (TPSA) is 98.5 Å². The van der Waals surface area contributed by atoms with Crippen LogP contribution in [-0.4, -0.2) is 49.2 Å². The van der Waals surface area contributed by atoms with Gasteiger partial charge in [0.25, 0.3) is 0 Å². The number of nitrogens with zero attached hydrogens (tertiary/aromatic N) is 2. The van der Waals surface area contributed by atoms with Crippen LogP contribution in [0, 0.1) is 34.4 Å². The number of fused-ring (bicyclic) bond motifs is 6. The third-order valence-corrected chi connectivity index (χ3v) is 11.6. The highest BCUT2D eigenvalue weighted by atomic mass is 32.2. The molecule has 3 fully saturated rings. The van der Waals surface area contributed by atoms with Crippen molar-refractivity contribution in [1.82, 2.24) is 9.78 Å². The van der Waals surface area contributed by atoms with Gasteiger partial charge < -0.3 is 9.84 Å². The van der Waals surface area contributed by atoms with Gasteiger partial charge in [-0.3, -0.25) is 14.4 Å². The quantitative estimate of drug-likeness (QED) is 0.479. The molecule has 1 heterocycles. The predicted octanol–water partition coefficient (Wildman–Crippen LogP) is 5.32. The zero-order valence-corrected chi connectivity index (χ0v) is 24.8. The molecule has 0 spiro atoms. The Morgan fingerprint density at radius 3 is 2.59 bits per heavy atom.